The summed E-state index contributed by atoms with van der Waals surface area (Å²) in [6, 6.07) is 10.6. The number of piperazine rings is 1. The van der Waals surface area contributed by atoms with Gasteiger partial charge in [0.2, 0.25) is 11.4 Å². The number of pyridine rings is 1. The largest absolute Gasteiger partial charge is 0.480 e. The Morgan fingerprint density at radius 3 is 2.67 bits per heavy atom. The van der Waals surface area contributed by atoms with E-state index in [0.29, 0.717) is 37.8 Å². The highest BCUT2D eigenvalue weighted by Gasteiger charge is 2.23. The van der Waals surface area contributed by atoms with E-state index >= 15 is 0 Å². The predicted molar refractivity (Wildman–Crippen MR) is 101 cm³/mol. The van der Waals surface area contributed by atoms with E-state index in [9.17, 15) is 9.59 Å². The number of anilines is 1. The van der Waals surface area contributed by atoms with Gasteiger partial charge in [0.15, 0.2) is 0 Å². The lowest BCUT2D eigenvalue weighted by Crippen LogP contribution is -2.49. The molecule has 1 aromatic carbocycles. The van der Waals surface area contributed by atoms with Gasteiger partial charge in [0.25, 0.3) is 5.91 Å². The molecule has 0 radical (unpaired) electrons. The van der Waals surface area contributed by atoms with Gasteiger partial charge in [-0.3, -0.25) is 9.59 Å². The van der Waals surface area contributed by atoms with Crippen molar-refractivity contribution >= 4 is 22.5 Å². The van der Waals surface area contributed by atoms with Gasteiger partial charge in [0.1, 0.15) is 12.0 Å². The Morgan fingerprint density at radius 2 is 1.93 bits per heavy atom. The molecule has 0 unspecified atom stereocenters. The average Bonchev–Trinajstić information content (AvgIpc) is 2.72. The molecule has 1 N–H and O–H groups in total. The number of nitrogens with one attached hydrogen (secondary N) is 1. The van der Waals surface area contributed by atoms with Crippen LogP contribution in [0.3, 0.4) is 0 Å². The lowest BCUT2D eigenvalue weighted by atomic mass is 10.1. The van der Waals surface area contributed by atoms with Crippen molar-refractivity contribution in [3.8, 4) is 5.88 Å². The Bertz CT molecular complexity index is 1040. The number of rotatable bonds is 3. The van der Waals surface area contributed by atoms with E-state index in [0.717, 1.165) is 16.6 Å². The standard InChI is InChI=1S/C19H19N5O3/c1-27-18-14-11-13(5-6-15(14)20-12-21-18)23-7-9-24(10-8-23)19(26)16-3-2-4-17(25)22-16/h2-6,11-12H,7-10H2,1H3,(H,22,25). The summed E-state index contributed by atoms with van der Waals surface area (Å²) in [6.45, 7) is 2.56. The first-order valence-electron chi connectivity index (χ1n) is 8.68. The molecule has 0 atom stereocenters. The highest BCUT2D eigenvalue weighted by atomic mass is 16.5. The van der Waals surface area contributed by atoms with Crippen LogP contribution in [0.25, 0.3) is 10.9 Å². The van der Waals surface area contributed by atoms with Gasteiger partial charge in [-0.15, -0.1) is 0 Å². The van der Waals surface area contributed by atoms with Gasteiger partial charge in [0, 0.05) is 37.9 Å². The van der Waals surface area contributed by atoms with Gasteiger partial charge in [-0.1, -0.05) is 6.07 Å². The molecule has 1 aliphatic rings. The third-order valence-electron chi connectivity index (χ3n) is 4.71. The number of amides is 1. The molecule has 1 aliphatic heterocycles. The van der Waals surface area contributed by atoms with Gasteiger partial charge < -0.3 is 19.5 Å². The molecule has 0 spiro atoms. The van der Waals surface area contributed by atoms with Crippen molar-refractivity contribution in [3.63, 3.8) is 0 Å². The minimum Gasteiger partial charge on any atom is -0.480 e. The number of ether oxygens (including phenoxy) is 1. The monoisotopic (exact) mass is 365 g/mol. The van der Waals surface area contributed by atoms with Crippen molar-refractivity contribution in [2.45, 2.75) is 0 Å². The van der Waals surface area contributed by atoms with Crippen LogP contribution in [0.15, 0.2) is 47.5 Å². The van der Waals surface area contributed by atoms with Crippen LogP contribution < -0.4 is 15.2 Å². The van der Waals surface area contributed by atoms with Gasteiger partial charge in [0.05, 0.1) is 18.0 Å². The second-order valence-corrected chi connectivity index (χ2v) is 6.29. The third-order valence-corrected chi connectivity index (χ3v) is 4.71. The zero-order valence-electron chi connectivity index (χ0n) is 14.9. The number of nitrogens with zero attached hydrogens (tertiary/aromatic N) is 4. The number of aromatic nitrogens is 3. The predicted octanol–water partition coefficient (Wildman–Crippen LogP) is 1.29. The number of carbonyl (C=O) groups is 1. The van der Waals surface area contributed by atoms with Gasteiger partial charge in [-0.05, 0) is 24.3 Å². The van der Waals surface area contributed by atoms with Crippen molar-refractivity contribution in [2.24, 2.45) is 0 Å². The zero-order chi connectivity index (χ0) is 18.8. The Morgan fingerprint density at radius 1 is 1.11 bits per heavy atom. The quantitative estimate of drug-likeness (QED) is 0.752. The molecule has 1 amide bonds. The van der Waals surface area contributed by atoms with Gasteiger partial charge in [-0.25, -0.2) is 9.97 Å². The molecular weight excluding hydrogens is 346 g/mol. The SMILES string of the molecule is COc1ncnc2ccc(N3CCN(C(=O)c4cccc(=O)[nH]4)CC3)cc12. The molecule has 3 aromatic rings. The maximum Gasteiger partial charge on any atom is 0.270 e. The molecule has 3 heterocycles. The minimum absolute atomic E-state index is 0.152. The molecule has 0 aliphatic carbocycles. The van der Waals surface area contributed by atoms with Crippen LogP contribution in [0, 0.1) is 0 Å². The molecule has 1 saturated heterocycles. The number of carbonyl (C=O) groups excluding carboxylic acids is 1. The van der Waals surface area contributed by atoms with Crippen LogP contribution in [-0.4, -0.2) is 59.0 Å². The molecule has 4 rings (SSSR count). The maximum atomic E-state index is 12.6. The molecule has 8 nitrogen and oxygen atoms in total. The van der Waals surface area contributed by atoms with Gasteiger partial charge in [-0.2, -0.15) is 0 Å². The van der Waals surface area contributed by atoms with Crippen molar-refractivity contribution in [2.75, 3.05) is 38.2 Å². The number of methoxy groups -OCH3 is 1. The Hall–Kier alpha value is -3.42. The topological polar surface area (TPSA) is 91.4 Å². The summed E-state index contributed by atoms with van der Waals surface area (Å²) in [6.07, 6.45) is 1.49. The van der Waals surface area contributed by atoms with Crippen LogP contribution in [0.2, 0.25) is 0 Å². The average molecular weight is 365 g/mol. The van der Waals surface area contributed by atoms with Crippen LogP contribution in [0.4, 0.5) is 5.69 Å². The number of fused-ring (bicyclic) bond motifs is 1. The maximum absolute atomic E-state index is 12.6. The fourth-order valence-electron chi connectivity index (χ4n) is 3.29. The van der Waals surface area contributed by atoms with Crippen molar-refractivity contribution < 1.29 is 9.53 Å². The fourth-order valence-corrected chi connectivity index (χ4v) is 3.29. The molecule has 2 aromatic heterocycles. The van der Waals surface area contributed by atoms with Crippen LogP contribution >= 0.6 is 0 Å². The molecule has 138 valence electrons. The second-order valence-electron chi connectivity index (χ2n) is 6.29. The first-order valence-corrected chi connectivity index (χ1v) is 8.68. The Balaban J connectivity index is 1.50. The van der Waals surface area contributed by atoms with E-state index in [2.05, 4.69) is 19.9 Å². The summed E-state index contributed by atoms with van der Waals surface area (Å²) in [4.78, 5) is 39.0. The van der Waals surface area contributed by atoms with E-state index in [1.165, 1.54) is 12.4 Å². The lowest BCUT2D eigenvalue weighted by Gasteiger charge is -2.36. The summed E-state index contributed by atoms with van der Waals surface area (Å²) >= 11 is 0. The molecule has 0 saturated carbocycles. The highest BCUT2D eigenvalue weighted by molar-refractivity contribution is 5.92. The van der Waals surface area contributed by atoms with E-state index in [1.807, 2.05) is 18.2 Å². The first-order chi connectivity index (χ1) is 13.2. The lowest BCUT2D eigenvalue weighted by molar-refractivity contribution is 0.0740. The third kappa shape index (κ3) is 3.33. The van der Waals surface area contributed by atoms with Crippen LogP contribution in [0.5, 0.6) is 5.88 Å². The van der Waals surface area contributed by atoms with E-state index in [1.54, 1.807) is 24.1 Å². The van der Waals surface area contributed by atoms with E-state index in [-0.39, 0.29) is 11.5 Å². The smallest absolute Gasteiger partial charge is 0.270 e. The number of hydrogen-bond donors (Lipinski definition) is 1. The van der Waals surface area contributed by atoms with Crippen LogP contribution in [0.1, 0.15) is 10.5 Å². The number of benzene rings is 1. The first kappa shape index (κ1) is 17.0. The number of aromatic amines is 1. The highest BCUT2D eigenvalue weighted by Crippen LogP contribution is 2.27. The van der Waals surface area contributed by atoms with E-state index < -0.39 is 0 Å². The van der Waals surface area contributed by atoms with Crippen molar-refractivity contribution in [1.29, 1.82) is 0 Å². The minimum atomic E-state index is -0.271. The fraction of sp³-hybridized carbons (Fsp3) is 0.263. The van der Waals surface area contributed by atoms with Crippen molar-refractivity contribution in [3.05, 3.63) is 58.8 Å². The van der Waals surface area contributed by atoms with Crippen LogP contribution in [-0.2, 0) is 0 Å². The number of H-pyrrole nitrogens is 1. The molecule has 1 fully saturated rings. The normalized spacial score (nSPS) is 14.4. The summed E-state index contributed by atoms with van der Waals surface area (Å²) < 4.78 is 5.33. The Kier molecular flexibility index (Phi) is 4.45. The number of hydrogen-bond acceptors (Lipinski definition) is 6. The second kappa shape index (κ2) is 7.06. The summed E-state index contributed by atoms with van der Waals surface area (Å²) in [5, 5.41) is 0.859. The Labute approximate surface area is 155 Å². The molecular formula is C19H19N5O3. The zero-order valence-corrected chi connectivity index (χ0v) is 14.9. The molecule has 0 bridgehead atoms. The van der Waals surface area contributed by atoms with E-state index in [4.69, 9.17) is 4.74 Å². The molecule has 27 heavy (non-hydrogen) atoms. The summed E-state index contributed by atoms with van der Waals surface area (Å²) in [5.74, 6) is 0.393. The van der Waals surface area contributed by atoms with Crippen molar-refractivity contribution in [1.82, 2.24) is 19.9 Å². The van der Waals surface area contributed by atoms with Gasteiger partial charge >= 0.3 is 0 Å². The summed E-state index contributed by atoms with van der Waals surface area (Å²) in [7, 11) is 1.59. The summed E-state index contributed by atoms with van der Waals surface area (Å²) in [5.41, 5.74) is 1.92. The molecule has 8 heteroatoms.